The number of fused-ring (bicyclic) bond motifs is 2. The number of thiocarbonyl (C=S) groups is 1. The summed E-state index contributed by atoms with van der Waals surface area (Å²) in [6, 6.07) is 10.5. The van der Waals surface area contributed by atoms with Gasteiger partial charge >= 0.3 is 6.09 Å². The van der Waals surface area contributed by atoms with Gasteiger partial charge in [0.1, 0.15) is 22.2 Å². The first-order chi connectivity index (χ1) is 16.4. The topological polar surface area (TPSA) is 88.7 Å². The maximum Gasteiger partial charge on any atom is 0.407 e. The van der Waals surface area contributed by atoms with Crippen molar-refractivity contribution >= 4 is 23.3 Å². The Labute approximate surface area is 202 Å². The van der Waals surface area contributed by atoms with Crippen LogP contribution in [0.15, 0.2) is 36.4 Å². The first-order valence-electron chi connectivity index (χ1n) is 11.2. The summed E-state index contributed by atoms with van der Waals surface area (Å²) in [5, 5.41) is 9.32. The van der Waals surface area contributed by atoms with Crippen molar-refractivity contribution in [2.75, 3.05) is 13.7 Å². The molecule has 3 aromatic rings. The van der Waals surface area contributed by atoms with Crippen molar-refractivity contribution in [3.63, 3.8) is 0 Å². The smallest absolute Gasteiger partial charge is 0.407 e. The van der Waals surface area contributed by atoms with E-state index in [-0.39, 0.29) is 10.8 Å². The van der Waals surface area contributed by atoms with Crippen LogP contribution in [0.5, 0.6) is 5.75 Å². The van der Waals surface area contributed by atoms with Gasteiger partial charge in [0.2, 0.25) is 0 Å². The zero-order valence-electron chi connectivity index (χ0n) is 18.7. The second-order valence-electron chi connectivity index (χ2n) is 8.64. The highest BCUT2D eigenvalue weighted by molar-refractivity contribution is 7.80. The lowest BCUT2D eigenvalue weighted by Gasteiger charge is -2.27. The van der Waals surface area contributed by atoms with Gasteiger partial charge in [-0.1, -0.05) is 24.4 Å². The fourth-order valence-electron chi connectivity index (χ4n) is 5.10. The van der Waals surface area contributed by atoms with Crippen LogP contribution in [0.2, 0.25) is 0 Å². The minimum absolute atomic E-state index is 0.174. The standard InChI is InChI=1S/C26H24FN3O3S/c1-33-21-12-17(27)7-8-20(21)22-18-3-2-4-19(18)23(29-24(22)25(28)34)15-5-6-16-13-30(26(31)32)10-9-14(16)11-15/h5-8,11-12H,2-4,9-10,13H2,1H3,(H2,28,34)(H,31,32). The SMILES string of the molecule is COc1cc(F)ccc1-c1c(C(N)=S)nc(-c2ccc3c(c2)CCN(C(=O)O)C3)c2c1CCC2. The van der Waals surface area contributed by atoms with Gasteiger partial charge in [0.05, 0.1) is 12.8 Å². The third-order valence-corrected chi connectivity index (χ3v) is 6.89. The molecule has 8 heteroatoms. The summed E-state index contributed by atoms with van der Waals surface area (Å²) in [5.41, 5.74) is 14.4. The average molecular weight is 478 g/mol. The number of hydrogen-bond acceptors (Lipinski definition) is 4. The number of halogens is 1. The molecule has 2 aliphatic rings. The molecule has 174 valence electrons. The fourth-order valence-corrected chi connectivity index (χ4v) is 5.25. The van der Waals surface area contributed by atoms with E-state index in [4.69, 9.17) is 27.7 Å². The van der Waals surface area contributed by atoms with Crippen LogP contribution in [0.1, 0.15) is 34.4 Å². The summed E-state index contributed by atoms with van der Waals surface area (Å²) in [4.78, 5) is 17.9. The Bertz CT molecular complexity index is 1340. The van der Waals surface area contributed by atoms with Gasteiger partial charge < -0.3 is 20.5 Å². The Morgan fingerprint density at radius 3 is 2.68 bits per heavy atom. The van der Waals surface area contributed by atoms with Crippen LogP contribution >= 0.6 is 12.2 Å². The van der Waals surface area contributed by atoms with Crippen LogP contribution in [-0.4, -0.2) is 39.7 Å². The molecule has 0 atom stereocenters. The Morgan fingerprint density at radius 1 is 1.15 bits per heavy atom. The highest BCUT2D eigenvalue weighted by Crippen LogP contribution is 2.43. The van der Waals surface area contributed by atoms with Gasteiger partial charge in [-0.3, -0.25) is 0 Å². The van der Waals surface area contributed by atoms with Gasteiger partial charge in [-0.2, -0.15) is 0 Å². The molecule has 2 heterocycles. The zero-order chi connectivity index (χ0) is 24.0. The average Bonchev–Trinajstić information content (AvgIpc) is 3.32. The van der Waals surface area contributed by atoms with Crippen molar-refractivity contribution in [3.05, 3.63) is 70.2 Å². The van der Waals surface area contributed by atoms with E-state index < -0.39 is 6.09 Å². The van der Waals surface area contributed by atoms with Crippen molar-refractivity contribution in [1.29, 1.82) is 0 Å². The molecule has 0 radical (unpaired) electrons. The molecule has 1 aromatic heterocycles. The van der Waals surface area contributed by atoms with Gasteiger partial charge in [0.15, 0.2) is 0 Å². The number of pyridine rings is 1. The molecule has 0 spiro atoms. The van der Waals surface area contributed by atoms with Crippen LogP contribution in [0.4, 0.5) is 9.18 Å². The number of hydrogen-bond donors (Lipinski definition) is 2. The summed E-state index contributed by atoms with van der Waals surface area (Å²) in [5.74, 6) is 0.0344. The highest BCUT2D eigenvalue weighted by Gasteiger charge is 2.28. The molecule has 1 amide bonds. The molecule has 34 heavy (non-hydrogen) atoms. The van der Waals surface area contributed by atoms with Gasteiger partial charge in [-0.05, 0) is 66.1 Å². The minimum atomic E-state index is -0.901. The molecule has 0 bridgehead atoms. The third kappa shape index (κ3) is 3.77. The van der Waals surface area contributed by atoms with Crippen molar-refractivity contribution in [3.8, 4) is 28.1 Å². The first-order valence-corrected chi connectivity index (χ1v) is 11.6. The third-order valence-electron chi connectivity index (χ3n) is 6.69. The van der Waals surface area contributed by atoms with Crippen molar-refractivity contribution in [2.24, 2.45) is 5.73 Å². The summed E-state index contributed by atoms with van der Waals surface area (Å²) in [7, 11) is 1.51. The highest BCUT2D eigenvalue weighted by atomic mass is 32.1. The number of nitrogens with two attached hydrogens (primary N) is 1. The number of carbonyl (C=O) groups is 1. The molecule has 3 N–H and O–H groups in total. The number of benzene rings is 2. The Hall–Kier alpha value is -3.52. The number of ether oxygens (including phenoxy) is 1. The largest absolute Gasteiger partial charge is 0.496 e. The lowest BCUT2D eigenvalue weighted by atomic mass is 9.90. The predicted octanol–water partition coefficient (Wildman–Crippen LogP) is 4.72. The number of amides is 1. The predicted molar refractivity (Wildman–Crippen MR) is 132 cm³/mol. The summed E-state index contributed by atoms with van der Waals surface area (Å²) >= 11 is 5.41. The van der Waals surface area contributed by atoms with Crippen LogP contribution in [-0.2, 0) is 25.8 Å². The molecule has 2 aromatic carbocycles. The lowest BCUT2D eigenvalue weighted by molar-refractivity contribution is 0.140. The molecule has 0 fully saturated rings. The maximum absolute atomic E-state index is 13.9. The normalized spacial score (nSPS) is 14.5. The van der Waals surface area contributed by atoms with Crippen LogP contribution in [0.3, 0.4) is 0 Å². The number of rotatable bonds is 4. The molecule has 0 unspecified atom stereocenters. The number of methoxy groups -OCH3 is 1. The Morgan fingerprint density at radius 2 is 1.94 bits per heavy atom. The quantitative estimate of drug-likeness (QED) is 0.529. The molecular formula is C26H24FN3O3S. The Kier molecular flexibility index (Phi) is 5.69. The molecule has 0 saturated carbocycles. The van der Waals surface area contributed by atoms with E-state index in [1.54, 1.807) is 6.07 Å². The second-order valence-corrected chi connectivity index (χ2v) is 9.08. The molecule has 6 nitrogen and oxygen atoms in total. The van der Waals surface area contributed by atoms with E-state index in [1.807, 2.05) is 12.1 Å². The second kappa shape index (κ2) is 8.68. The number of nitrogens with zero attached hydrogens (tertiary/aromatic N) is 2. The molecular weight excluding hydrogens is 453 g/mol. The van der Waals surface area contributed by atoms with Crippen LogP contribution in [0, 0.1) is 5.82 Å². The minimum Gasteiger partial charge on any atom is -0.496 e. The van der Waals surface area contributed by atoms with E-state index >= 15 is 0 Å². The van der Waals surface area contributed by atoms with E-state index in [2.05, 4.69) is 6.07 Å². The van der Waals surface area contributed by atoms with E-state index in [1.165, 1.54) is 24.1 Å². The first kappa shape index (κ1) is 22.3. The number of aromatic nitrogens is 1. The summed E-state index contributed by atoms with van der Waals surface area (Å²) in [6.45, 7) is 0.858. The maximum atomic E-state index is 13.9. The van der Waals surface area contributed by atoms with E-state index in [0.717, 1.165) is 63.9 Å². The van der Waals surface area contributed by atoms with E-state index in [0.29, 0.717) is 31.0 Å². The van der Waals surface area contributed by atoms with Crippen molar-refractivity contribution < 1.29 is 19.0 Å². The van der Waals surface area contributed by atoms with Gasteiger partial charge in [-0.25, -0.2) is 14.2 Å². The van der Waals surface area contributed by atoms with Crippen molar-refractivity contribution in [1.82, 2.24) is 9.88 Å². The molecule has 5 rings (SSSR count). The van der Waals surface area contributed by atoms with Gasteiger partial charge in [0.25, 0.3) is 0 Å². The monoisotopic (exact) mass is 477 g/mol. The molecule has 1 aliphatic heterocycles. The lowest BCUT2D eigenvalue weighted by Crippen LogP contribution is -2.34. The zero-order valence-corrected chi connectivity index (χ0v) is 19.5. The molecule has 0 saturated heterocycles. The summed E-state index contributed by atoms with van der Waals surface area (Å²) in [6.07, 6.45) is 2.44. The van der Waals surface area contributed by atoms with Gasteiger partial charge in [0, 0.05) is 35.8 Å². The van der Waals surface area contributed by atoms with Gasteiger partial charge in [-0.15, -0.1) is 0 Å². The van der Waals surface area contributed by atoms with Crippen LogP contribution < -0.4 is 10.5 Å². The Balaban J connectivity index is 1.67. The van der Waals surface area contributed by atoms with Crippen LogP contribution in [0.25, 0.3) is 22.4 Å². The van der Waals surface area contributed by atoms with Crippen molar-refractivity contribution in [2.45, 2.75) is 32.2 Å². The summed E-state index contributed by atoms with van der Waals surface area (Å²) < 4.78 is 19.4. The number of carboxylic acid groups (broad SMARTS) is 1. The fraction of sp³-hybridized carbons (Fsp3) is 0.269. The molecule has 1 aliphatic carbocycles. The van der Waals surface area contributed by atoms with E-state index in [9.17, 15) is 14.3 Å².